The highest BCUT2D eigenvalue weighted by Crippen LogP contribution is 2.28. The summed E-state index contributed by atoms with van der Waals surface area (Å²) in [5.41, 5.74) is -1.05. The average Bonchev–Trinajstić information content (AvgIpc) is 2.71. The van der Waals surface area contributed by atoms with Gasteiger partial charge in [0.15, 0.2) is 23.1 Å². The molecule has 29 heavy (non-hydrogen) atoms. The molecule has 0 radical (unpaired) electrons. The zero-order valence-electron chi connectivity index (χ0n) is 15.5. The number of nitrogens with one attached hydrogen (secondary N) is 1. The third-order valence-corrected chi connectivity index (χ3v) is 5.44. The molecule has 1 aromatic carbocycles. The lowest BCUT2D eigenvalue weighted by atomic mass is 9.98. The van der Waals surface area contributed by atoms with Crippen LogP contribution in [-0.2, 0) is 13.1 Å². The number of halogens is 2. The van der Waals surface area contributed by atoms with Gasteiger partial charge in [0.1, 0.15) is 5.56 Å². The van der Waals surface area contributed by atoms with E-state index in [1.165, 1.54) is 16.8 Å². The third-order valence-electron chi connectivity index (χ3n) is 5.44. The number of pyridine rings is 1. The lowest BCUT2D eigenvalue weighted by Gasteiger charge is -2.40. The second-order valence-corrected chi connectivity index (χ2v) is 7.30. The molecule has 0 spiro atoms. The molecule has 1 fully saturated rings. The molecular formula is C20H19F2N3O4. The fourth-order valence-electron chi connectivity index (χ4n) is 3.93. The Kier molecular flexibility index (Phi) is 4.81. The normalized spacial score (nSPS) is 18.2. The Hall–Kier alpha value is -3.23. The average molecular weight is 403 g/mol. The van der Waals surface area contributed by atoms with Gasteiger partial charge in [-0.1, -0.05) is 6.07 Å². The number of carbonyl (C=O) groups is 2. The highest BCUT2D eigenvalue weighted by molar-refractivity contribution is 5.99. The number of aromatic nitrogens is 1. The van der Waals surface area contributed by atoms with Gasteiger partial charge in [0.2, 0.25) is 5.43 Å². The number of benzene rings is 1. The maximum atomic E-state index is 13.3. The van der Waals surface area contributed by atoms with E-state index >= 15 is 0 Å². The van der Waals surface area contributed by atoms with Crippen molar-refractivity contribution in [1.82, 2.24) is 14.8 Å². The minimum atomic E-state index is -1.04. The van der Waals surface area contributed by atoms with Crippen LogP contribution >= 0.6 is 0 Å². The zero-order valence-corrected chi connectivity index (χ0v) is 15.5. The second-order valence-electron chi connectivity index (χ2n) is 7.30. The number of piperidine rings is 1. The third kappa shape index (κ3) is 3.37. The van der Waals surface area contributed by atoms with E-state index in [1.807, 2.05) is 0 Å². The molecule has 2 aliphatic heterocycles. The van der Waals surface area contributed by atoms with Crippen LogP contribution in [0.5, 0.6) is 5.75 Å². The predicted octanol–water partition coefficient (Wildman–Crippen LogP) is 1.77. The van der Waals surface area contributed by atoms with E-state index < -0.39 is 34.6 Å². The standard InChI is InChI=1S/C20H19F2N3O4/c21-14-5-4-11(7-15(14)22)8-23-19(28)13-10-24-9-12-3-1-2-6-25(12)20(29)16(24)18(27)17(13)26/h4-5,7,10,12,27H,1-3,6,8-9H2,(H,23,28). The number of fused-ring (bicyclic) bond motifs is 2. The van der Waals surface area contributed by atoms with E-state index in [-0.39, 0.29) is 23.8 Å². The van der Waals surface area contributed by atoms with Crippen LogP contribution in [0.25, 0.3) is 0 Å². The van der Waals surface area contributed by atoms with Crippen molar-refractivity contribution in [2.75, 3.05) is 6.54 Å². The summed E-state index contributed by atoms with van der Waals surface area (Å²) in [7, 11) is 0. The summed E-state index contributed by atoms with van der Waals surface area (Å²) in [6.07, 6.45) is 3.95. The number of carbonyl (C=O) groups excluding carboxylic acids is 2. The Morgan fingerprint density at radius 1 is 1.21 bits per heavy atom. The van der Waals surface area contributed by atoms with Crippen LogP contribution in [0.1, 0.15) is 45.7 Å². The summed E-state index contributed by atoms with van der Waals surface area (Å²) in [6.45, 7) is 0.833. The molecule has 1 unspecified atom stereocenters. The molecule has 0 bridgehead atoms. The van der Waals surface area contributed by atoms with Crippen molar-refractivity contribution in [2.45, 2.75) is 38.4 Å². The molecule has 3 heterocycles. The van der Waals surface area contributed by atoms with E-state index in [4.69, 9.17) is 0 Å². The predicted molar refractivity (Wildman–Crippen MR) is 98.6 cm³/mol. The van der Waals surface area contributed by atoms with Crippen molar-refractivity contribution in [2.24, 2.45) is 0 Å². The summed E-state index contributed by atoms with van der Waals surface area (Å²) < 4.78 is 27.8. The number of aromatic hydroxyl groups is 1. The smallest absolute Gasteiger partial charge is 0.274 e. The molecule has 9 heteroatoms. The van der Waals surface area contributed by atoms with Gasteiger partial charge in [-0.25, -0.2) is 8.78 Å². The summed E-state index contributed by atoms with van der Waals surface area (Å²) in [4.78, 5) is 39.4. The van der Waals surface area contributed by atoms with Crippen molar-refractivity contribution >= 4 is 11.8 Å². The van der Waals surface area contributed by atoms with Crippen molar-refractivity contribution in [3.63, 3.8) is 0 Å². The number of hydrogen-bond donors (Lipinski definition) is 2. The SMILES string of the molecule is O=C(NCc1ccc(F)c(F)c1)c1cn2c(c(O)c1=O)C(=O)N1CCCCC1C2. The Morgan fingerprint density at radius 2 is 2.00 bits per heavy atom. The maximum absolute atomic E-state index is 13.3. The van der Waals surface area contributed by atoms with Crippen LogP contribution in [-0.4, -0.2) is 39.0 Å². The molecule has 2 aromatic rings. The van der Waals surface area contributed by atoms with Gasteiger partial charge in [-0.15, -0.1) is 0 Å². The molecule has 0 aliphatic carbocycles. The molecule has 152 valence electrons. The summed E-state index contributed by atoms with van der Waals surface area (Å²) in [5, 5.41) is 12.8. The second kappa shape index (κ2) is 7.31. The van der Waals surface area contributed by atoms with E-state index in [2.05, 4.69) is 5.32 Å². The van der Waals surface area contributed by atoms with Crippen LogP contribution in [0.3, 0.4) is 0 Å². The molecule has 2 N–H and O–H groups in total. The molecule has 2 amide bonds. The minimum Gasteiger partial charge on any atom is -0.503 e. The van der Waals surface area contributed by atoms with Crippen LogP contribution in [0.2, 0.25) is 0 Å². The quantitative estimate of drug-likeness (QED) is 0.817. The van der Waals surface area contributed by atoms with Crippen LogP contribution in [0, 0.1) is 11.6 Å². The van der Waals surface area contributed by atoms with Gasteiger partial charge in [-0.05, 0) is 37.0 Å². The van der Waals surface area contributed by atoms with E-state index in [1.54, 1.807) is 4.90 Å². The van der Waals surface area contributed by atoms with Gasteiger partial charge in [0.05, 0.1) is 0 Å². The van der Waals surface area contributed by atoms with Crippen LogP contribution in [0.15, 0.2) is 29.2 Å². The summed E-state index contributed by atoms with van der Waals surface area (Å²) in [5.74, 6) is -3.98. The highest BCUT2D eigenvalue weighted by atomic mass is 19.2. The topological polar surface area (TPSA) is 91.6 Å². The molecule has 4 rings (SSSR count). The first kappa shape index (κ1) is 19.1. The minimum absolute atomic E-state index is 0.0382. The molecule has 2 aliphatic rings. The van der Waals surface area contributed by atoms with Gasteiger partial charge in [-0.3, -0.25) is 14.4 Å². The monoisotopic (exact) mass is 403 g/mol. The summed E-state index contributed by atoms with van der Waals surface area (Å²) in [6, 6.07) is 3.16. The molecule has 1 atom stereocenters. The molecule has 7 nitrogen and oxygen atoms in total. The lowest BCUT2D eigenvalue weighted by Crippen LogP contribution is -2.51. The van der Waals surface area contributed by atoms with E-state index in [9.17, 15) is 28.3 Å². The Balaban J connectivity index is 1.60. The molecule has 1 saturated heterocycles. The lowest BCUT2D eigenvalue weighted by molar-refractivity contribution is 0.0504. The number of rotatable bonds is 3. The Bertz CT molecular complexity index is 1070. The van der Waals surface area contributed by atoms with Crippen molar-refractivity contribution < 1.29 is 23.5 Å². The Morgan fingerprint density at radius 3 is 2.76 bits per heavy atom. The van der Waals surface area contributed by atoms with Crippen LogP contribution < -0.4 is 10.7 Å². The molecule has 0 saturated carbocycles. The highest BCUT2D eigenvalue weighted by Gasteiger charge is 2.37. The van der Waals surface area contributed by atoms with E-state index in [0.717, 1.165) is 31.4 Å². The van der Waals surface area contributed by atoms with Crippen molar-refractivity contribution in [3.05, 3.63) is 63.1 Å². The first-order valence-corrected chi connectivity index (χ1v) is 9.36. The number of amides is 2. The first-order chi connectivity index (χ1) is 13.9. The zero-order chi connectivity index (χ0) is 20.7. The fraction of sp³-hybridized carbons (Fsp3) is 0.350. The fourth-order valence-corrected chi connectivity index (χ4v) is 3.93. The van der Waals surface area contributed by atoms with Crippen molar-refractivity contribution in [3.8, 4) is 5.75 Å². The Labute approximate surface area is 164 Å². The molecular weight excluding hydrogens is 384 g/mol. The first-order valence-electron chi connectivity index (χ1n) is 9.36. The van der Waals surface area contributed by atoms with Crippen LogP contribution in [0.4, 0.5) is 8.78 Å². The largest absolute Gasteiger partial charge is 0.503 e. The van der Waals surface area contributed by atoms with Crippen molar-refractivity contribution in [1.29, 1.82) is 0 Å². The van der Waals surface area contributed by atoms with Gasteiger partial charge in [-0.2, -0.15) is 0 Å². The van der Waals surface area contributed by atoms with Gasteiger partial charge >= 0.3 is 0 Å². The number of hydrogen-bond acceptors (Lipinski definition) is 4. The van der Waals surface area contributed by atoms with E-state index in [0.29, 0.717) is 18.7 Å². The van der Waals surface area contributed by atoms with Gasteiger partial charge < -0.3 is 19.9 Å². The molecule has 1 aromatic heterocycles. The maximum Gasteiger partial charge on any atom is 0.274 e. The number of nitrogens with zero attached hydrogens (tertiary/aromatic N) is 2. The van der Waals surface area contributed by atoms with Gasteiger partial charge in [0, 0.05) is 31.9 Å². The van der Waals surface area contributed by atoms with Gasteiger partial charge in [0.25, 0.3) is 11.8 Å². The summed E-state index contributed by atoms with van der Waals surface area (Å²) >= 11 is 0.